The van der Waals surface area contributed by atoms with E-state index in [2.05, 4.69) is 0 Å². The van der Waals surface area contributed by atoms with E-state index in [1.165, 1.54) is 14.0 Å². The number of carbonyl (C=O) groups is 1. The number of rotatable bonds is 3. The van der Waals surface area contributed by atoms with Gasteiger partial charge in [0.25, 0.3) is 5.79 Å². The van der Waals surface area contributed by atoms with E-state index in [0.717, 1.165) is 0 Å². The quantitative estimate of drug-likeness (QED) is 0.631. The topological polar surface area (TPSA) is 54.0 Å². The summed E-state index contributed by atoms with van der Waals surface area (Å²) in [6, 6.07) is 0. The summed E-state index contributed by atoms with van der Waals surface area (Å²) in [6.45, 7) is 3.67. The molecule has 0 aromatic heterocycles. The molecule has 0 N–H and O–H groups in total. The van der Waals surface area contributed by atoms with Gasteiger partial charge in [0.2, 0.25) is 0 Å². The SMILES string of the molecule is CCOC1(C)OP(OC)OC1=O. The number of hydrogen-bond donors (Lipinski definition) is 0. The fourth-order valence-corrected chi connectivity index (χ4v) is 1.68. The van der Waals surface area contributed by atoms with Crippen LogP contribution >= 0.6 is 8.60 Å². The molecule has 0 aliphatic carbocycles. The molecular formula is C6H11O5P. The Bertz CT molecular complexity index is 185. The second kappa shape index (κ2) is 3.66. The largest absolute Gasteiger partial charge is 0.402 e. The summed E-state index contributed by atoms with van der Waals surface area (Å²) in [4.78, 5) is 11.1. The predicted octanol–water partition coefficient (Wildman–Crippen LogP) is 1.19. The van der Waals surface area contributed by atoms with Crippen molar-refractivity contribution in [2.75, 3.05) is 13.7 Å². The van der Waals surface area contributed by atoms with E-state index >= 15 is 0 Å². The van der Waals surface area contributed by atoms with Crippen molar-refractivity contribution >= 4 is 14.6 Å². The molecule has 1 fully saturated rings. The van der Waals surface area contributed by atoms with Crippen LogP contribution in [0, 0.1) is 0 Å². The maximum Gasteiger partial charge on any atom is 0.402 e. The third kappa shape index (κ3) is 1.75. The molecule has 0 amide bonds. The second-order valence-electron chi connectivity index (χ2n) is 2.25. The molecule has 1 heterocycles. The average molecular weight is 194 g/mol. The number of carbonyl (C=O) groups excluding carboxylic acids is 1. The summed E-state index contributed by atoms with van der Waals surface area (Å²) in [7, 11) is -0.143. The van der Waals surface area contributed by atoms with Crippen LogP contribution < -0.4 is 0 Å². The molecule has 1 aliphatic rings. The van der Waals surface area contributed by atoms with Crippen LogP contribution in [0.25, 0.3) is 0 Å². The van der Waals surface area contributed by atoms with E-state index in [1.54, 1.807) is 6.92 Å². The molecule has 2 atom stereocenters. The Morgan fingerprint density at radius 1 is 1.67 bits per heavy atom. The summed E-state index contributed by atoms with van der Waals surface area (Å²) in [5, 5.41) is 0. The Hall–Kier alpha value is -0.220. The van der Waals surface area contributed by atoms with Crippen molar-refractivity contribution in [1.82, 2.24) is 0 Å². The third-order valence-corrected chi connectivity index (χ3v) is 2.46. The maximum atomic E-state index is 11.1. The minimum Gasteiger partial charge on any atom is -0.390 e. The van der Waals surface area contributed by atoms with Crippen LogP contribution in [0.15, 0.2) is 0 Å². The first-order valence-electron chi connectivity index (χ1n) is 3.52. The van der Waals surface area contributed by atoms with Crippen molar-refractivity contribution < 1.29 is 23.1 Å². The van der Waals surface area contributed by atoms with Crippen LogP contribution in [0.2, 0.25) is 0 Å². The molecular weight excluding hydrogens is 183 g/mol. The summed E-state index contributed by atoms with van der Waals surface area (Å²) < 4.78 is 19.7. The normalized spacial score (nSPS) is 35.2. The lowest BCUT2D eigenvalue weighted by Gasteiger charge is -2.16. The lowest BCUT2D eigenvalue weighted by molar-refractivity contribution is -0.184. The van der Waals surface area contributed by atoms with E-state index in [-0.39, 0.29) is 0 Å². The average Bonchev–Trinajstić information content (AvgIpc) is 2.29. The van der Waals surface area contributed by atoms with E-state index in [1.807, 2.05) is 0 Å². The molecule has 0 radical (unpaired) electrons. The van der Waals surface area contributed by atoms with Crippen LogP contribution in [0.3, 0.4) is 0 Å². The van der Waals surface area contributed by atoms with Gasteiger partial charge < -0.3 is 13.8 Å². The zero-order valence-corrected chi connectivity index (χ0v) is 8.09. The zero-order chi connectivity index (χ0) is 9.19. The van der Waals surface area contributed by atoms with Crippen LogP contribution in [0.1, 0.15) is 13.8 Å². The molecule has 0 spiro atoms. The number of hydrogen-bond acceptors (Lipinski definition) is 5. The highest BCUT2D eigenvalue weighted by atomic mass is 31.2. The second-order valence-corrected chi connectivity index (χ2v) is 3.43. The van der Waals surface area contributed by atoms with Gasteiger partial charge in [-0.15, -0.1) is 0 Å². The summed E-state index contributed by atoms with van der Waals surface area (Å²) in [6.07, 6.45) is 0. The Morgan fingerprint density at radius 2 is 2.33 bits per heavy atom. The molecule has 12 heavy (non-hydrogen) atoms. The summed E-state index contributed by atoms with van der Waals surface area (Å²) in [5.74, 6) is -1.81. The Balaban J connectivity index is 2.61. The minimum absolute atomic E-state index is 0.387. The van der Waals surface area contributed by atoms with Gasteiger partial charge in [-0.2, -0.15) is 0 Å². The lowest BCUT2D eigenvalue weighted by atomic mass is 10.3. The Kier molecular flexibility index (Phi) is 3.01. The molecule has 0 aromatic carbocycles. The van der Waals surface area contributed by atoms with Gasteiger partial charge in [-0.3, -0.25) is 4.52 Å². The fraction of sp³-hybridized carbons (Fsp3) is 0.833. The number of ether oxygens (including phenoxy) is 1. The lowest BCUT2D eigenvalue weighted by Crippen LogP contribution is -2.35. The van der Waals surface area contributed by atoms with Gasteiger partial charge in [0.05, 0.1) is 0 Å². The molecule has 0 saturated carbocycles. The van der Waals surface area contributed by atoms with Crippen molar-refractivity contribution in [3.63, 3.8) is 0 Å². The third-order valence-electron chi connectivity index (χ3n) is 1.35. The van der Waals surface area contributed by atoms with Gasteiger partial charge in [-0.1, -0.05) is 0 Å². The molecule has 1 aliphatic heterocycles. The van der Waals surface area contributed by atoms with Crippen molar-refractivity contribution in [2.24, 2.45) is 0 Å². The van der Waals surface area contributed by atoms with E-state index in [4.69, 9.17) is 18.3 Å². The molecule has 2 unspecified atom stereocenters. The highest BCUT2D eigenvalue weighted by Crippen LogP contribution is 2.50. The van der Waals surface area contributed by atoms with Gasteiger partial charge in [0.15, 0.2) is 0 Å². The molecule has 0 aromatic rings. The van der Waals surface area contributed by atoms with Crippen LogP contribution in [0.4, 0.5) is 0 Å². The van der Waals surface area contributed by atoms with Gasteiger partial charge in [-0.25, -0.2) is 4.79 Å². The van der Waals surface area contributed by atoms with Crippen LogP contribution in [-0.2, 0) is 23.1 Å². The highest BCUT2D eigenvalue weighted by molar-refractivity contribution is 7.43. The molecule has 70 valence electrons. The van der Waals surface area contributed by atoms with E-state index in [0.29, 0.717) is 6.61 Å². The fourth-order valence-electron chi connectivity index (χ4n) is 0.784. The van der Waals surface area contributed by atoms with Crippen molar-refractivity contribution in [3.05, 3.63) is 0 Å². The van der Waals surface area contributed by atoms with Crippen molar-refractivity contribution in [1.29, 1.82) is 0 Å². The first-order chi connectivity index (χ1) is 5.62. The van der Waals surface area contributed by atoms with Gasteiger partial charge >= 0.3 is 14.6 Å². The Labute approximate surface area is 71.9 Å². The smallest absolute Gasteiger partial charge is 0.390 e. The molecule has 6 heteroatoms. The standard InChI is InChI=1S/C6H11O5P/c1-4-9-6(2)5(7)10-12(8-3)11-6/h4H2,1-3H3. The van der Waals surface area contributed by atoms with Crippen LogP contribution in [0.5, 0.6) is 0 Å². The Morgan fingerprint density at radius 3 is 2.75 bits per heavy atom. The monoisotopic (exact) mass is 194 g/mol. The van der Waals surface area contributed by atoms with Crippen molar-refractivity contribution in [3.8, 4) is 0 Å². The first kappa shape index (κ1) is 9.86. The van der Waals surface area contributed by atoms with Crippen LogP contribution in [-0.4, -0.2) is 25.5 Å². The highest BCUT2D eigenvalue weighted by Gasteiger charge is 2.49. The van der Waals surface area contributed by atoms with Gasteiger partial charge in [0.1, 0.15) is 0 Å². The van der Waals surface area contributed by atoms with Gasteiger partial charge in [0, 0.05) is 20.6 Å². The molecule has 1 saturated heterocycles. The molecule has 0 bridgehead atoms. The minimum atomic E-state index is -1.56. The zero-order valence-electron chi connectivity index (χ0n) is 7.20. The predicted molar refractivity (Wildman–Crippen MR) is 41.1 cm³/mol. The first-order valence-corrected chi connectivity index (χ1v) is 4.61. The summed E-state index contributed by atoms with van der Waals surface area (Å²) in [5.41, 5.74) is 0. The van der Waals surface area contributed by atoms with E-state index < -0.39 is 20.4 Å². The van der Waals surface area contributed by atoms with Gasteiger partial charge in [-0.05, 0) is 6.92 Å². The summed E-state index contributed by atoms with van der Waals surface area (Å²) >= 11 is 0. The van der Waals surface area contributed by atoms with Crippen molar-refractivity contribution in [2.45, 2.75) is 19.6 Å². The molecule has 5 nitrogen and oxygen atoms in total. The van der Waals surface area contributed by atoms with E-state index in [9.17, 15) is 4.79 Å². The maximum absolute atomic E-state index is 11.1. The molecule has 1 rings (SSSR count).